The van der Waals surface area contributed by atoms with E-state index in [0.29, 0.717) is 64.6 Å². The first kappa shape index (κ1) is 30.1. The van der Waals surface area contributed by atoms with Crippen molar-refractivity contribution in [3.63, 3.8) is 0 Å². The van der Waals surface area contributed by atoms with Crippen LogP contribution in [-0.2, 0) is 22.7 Å². The van der Waals surface area contributed by atoms with Crippen LogP contribution in [0.2, 0.25) is 5.02 Å². The van der Waals surface area contributed by atoms with E-state index < -0.39 is 0 Å². The van der Waals surface area contributed by atoms with Gasteiger partial charge in [-0.05, 0) is 53.4 Å². The number of carbonyl (C=O) groups excluding carboxylic acids is 2. The van der Waals surface area contributed by atoms with Crippen molar-refractivity contribution >= 4 is 85.6 Å². The molecule has 0 spiro atoms. The van der Waals surface area contributed by atoms with Crippen molar-refractivity contribution in [2.24, 2.45) is 7.05 Å². The minimum Gasteiger partial charge on any atom is -0.368 e. The molecule has 0 atom stereocenters. The summed E-state index contributed by atoms with van der Waals surface area (Å²) in [5.41, 5.74) is 4.85. The standard InChI is InChI=1S/C28H31Cl3N6O2S/c1-36-25-6-4-18(28(39)34-19-5-7-24(21(31)15-19)37(11-9-29)12-10-30)14-22(25)35-27(36)23-16-20(17-32-23)33-26(38)8-13-40(2)3/h4-7,14-17H,8-13H2,1-3H3,(H2-,32,33,34,35,38,39)/p+1. The summed E-state index contributed by atoms with van der Waals surface area (Å²) < 4.78 is 1.94. The van der Waals surface area contributed by atoms with Gasteiger partial charge in [0.2, 0.25) is 5.91 Å². The van der Waals surface area contributed by atoms with Gasteiger partial charge in [-0.1, -0.05) is 11.6 Å². The van der Waals surface area contributed by atoms with Gasteiger partial charge in [-0.3, -0.25) is 9.59 Å². The smallest absolute Gasteiger partial charge is 0.255 e. The number of H-pyrrole nitrogens is 1. The third kappa shape index (κ3) is 7.26. The zero-order valence-corrected chi connectivity index (χ0v) is 25.6. The molecule has 4 aromatic rings. The molecule has 0 unspecified atom stereocenters. The Bertz CT molecular complexity index is 1500. The van der Waals surface area contributed by atoms with Crippen molar-refractivity contribution in [1.82, 2.24) is 14.5 Å². The van der Waals surface area contributed by atoms with E-state index in [1.165, 1.54) is 0 Å². The molecule has 0 aliphatic carbocycles. The predicted molar refractivity (Wildman–Crippen MR) is 171 cm³/mol. The van der Waals surface area contributed by atoms with Gasteiger partial charge in [-0.15, -0.1) is 23.2 Å². The van der Waals surface area contributed by atoms with Gasteiger partial charge in [0.1, 0.15) is 5.75 Å². The average molecular weight is 623 g/mol. The third-order valence-electron chi connectivity index (χ3n) is 6.34. The van der Waals surface area contributed by atoms with Crippen LogP contribution in [0.4, 0.5) is 17.1 Å². The third-order valence-corrected chi connectivity index (χ3v) is 8.00. The average Bonchev–Trinajstić information content (AvgIpc) is 3.51. The molecule has 0 aliphatic heterocycles. The fraction of sp³-hybridized carbons (Fsp3) is 0.321. The Labute approximate surface area is 251 Å². The van der Waals surface area contributed by atoms with Crippen LogP contribution in [0, 0.1) is 0 Å². The molecule has 0 saturated carbocycles. The maximum absolute atomic E-state index is 13.1. The summed E-state index contributed by atoms with van der Waals surface area (Å²) in [6.07, 6.45) is 6.49. The highest BCUT2D eigenvalue weighted by molar-refractivity contribution is 7.95. The van der Waals surface area contributed by atoms with Crippen molar-refractivity contribution in [1.29, 1.82) is 0 Å². The van der Waals surface area contributed by atoms with E-state index in [4.69, 9.17) is 39.8 Å². The largest absolute Gasteiger partial charge is 0.368 e. The summed E-state index contributed by atoms with van der Waals surface area (Å²) in [5.74, 6) is 2.17. The van der Waals surface area contributed by atoms with Crippen LogP contribution in [0.15, 0.2) is 48.7 Å². The van der Waals surface area contributed by atoms with Crippen LogP contribution < -0.4 is 15.5 Å². The number of fused-ring (bicyclic) bond motifs is 1. The lowest BCUT2D eigenvalue weighted by atomic mass is 10.1. The maximum Gasteiger partial charge on any atom is 0.255 e. The van der Waals surface area contributed by atoms with Gasteiger partial charge < -0.3 is 25.1 Å². The Hall–Kier alpha value is -2.85. The number of amides is 2. The van der Waals surface area contributed by atoms with E-state index >= 15 is 0 Å². The van der Waals surface area contributed by atoms with Crippen LogP contribution in [0.5, 0.6) is 0 Å². The number of aromatic nitrogens is 3. The second-order valence-corrected chi connectivity index (χ2v) is 13.0. The van der Waals surface area contributed by atoms with E-state index in [1.807, 2.05) is 34.7 Å². The molecule has 12 heteroatoms. The fourth-order valence-electron chi connectivity index (χ4n) is 4.30. The van der Waals surface area contributed by atoms with Gasteiger partial charge in [0.05, 0.1) is 52.1 Å². The molecule has 3 N–H and O–H groups in total. The summed E-state index contributed by atoms with van der Waals surface area (Å²) in [5, 5.41) is 6.35. The number of anilines is 3. The van der Waals surface area contributed by atoms with Crippen molar-refractivity contribution < 1.29 is 9.59 Å². The van der Waals surface area contributed by atoms with Gasteiger partial charge >= 0.3 is 0 Å². The Morgan fingerprint density at radius 1 is 1.02 bits per heavy atom. The Morgan fingerprint density at radius 2 is 1.77 bits per heavy atom. The van der Waals surface area contributed by atoms with Crippen molar-refractivity contribution in [2.75, 3.05) is 58.6 Å². The molecule has 2 amide bonds. The molecule has 40 heavy (non-hydrogen) atoms. The number of nitrogens with zero attached hydrogens (tertiary/aromatic N) is 3. The number of nitrogens with one attached hydrogen (secondary N) is 3. The van der Waals surface area contributed by atoms with E-state index in [1.54, 1.807) is 30.5 Å². The summed E-state index contributed by atoms with van der Waals surface area (Å²) in [4.78, 5) is 35.3. The zero-order chi connectivity index (χ0) is 28.8. The van der Waals surface area contributed by atoms with Crippen molar-refractivity contribution in [2.45, 2.75) is 6.42 Å². The SMILES string of the molecule is Cn1c(-c2cc(NC(=O)CC[S+](C)C)c[nH]2)nc2cc(C(=O)Nc3ccc(N(CCCl)CCCl)c(Cl)c3)ccc21. The number of carbonyl (C=O) groups is 2. The lowest BCUT2D eigenvalue weighted by molar-refractivity contribution is -0.115. The van der Waals surface area contributed by atoms with Crippen LogP contribution in [0.3, 0.4) is 0 Å². The molecular formula is C28H32Cl3N6O2S+. The molecule has 0 saturated heterocycles. The van der Waals surface area contributed by atoms with E-state index in [0.717, 1.165) is 22.7 Å². The quantitative estimate of drug-likeness (QED) is 0.134. The van der Waals surface area contributed by atoms with Crippen LogP contribution in [0.1, 0.15) is 16.8 Å². The van der Waals surface area contributed by atoms with Crippen molar-refractivity contribution in [3.05, 3.63) is 59.2 Å². The molecule has 0 aliphatic rings. The number of imidazole rings is 1. The summed E-state index contributed by atoms with van der Waals surface area (Å²) in [6, 6.07) is 12.6. The fourth-order valence-corrected chi connectivity index (χ4v) is 5.60. The number of aryl methyl sites for hydroxylation is 1. The number of hydrogen-bond acceptors (Lipinski definition) is 4. The molecule has 2 aromatic carbocycles. The first-order valence-corrected chi connectivity index (χ1v) is 16.3. The van der Waals surface area contributed by atoms with Crippen LogP contribution >= 0.6 is 34.8 Å². The molecule has 0 radical (unpaired) electrons. The molecule has 0 fully saturated rings. The highest BCUT2D eigenvalue weighted by Gasteiger charge is 2.17. The van der Waals surface area contributed by atoms with E-state index in [-0.39, 0.29) is 22.7 Å². The summed E-state index contributed by atoms with van der Waals surface area (Å²) >= 11 is 18.4. The Kier molecular flexibility index (Phi) is 10.3. The van der Waals surface area contributed by atoms with Gasteiger partial charge in [-0.25, -0.2) is 4.98 Å². The van der Waals surface area contributed by atoms with Gasteiger partial charge in [0, 0.05) is 49.3 Å². The topological polar surface area (TPSA) is 95.0 Å². The van der Waals surface area contributed by atoms with Gasteiger partial charge in [-0.2, -0.15) is 0 Å². The predicted octanol–water partition coefficient (Wildman–Crippen LogP) is 5.96. The first-order chi connectivity index (χ1) is 19.2. The lowest BCUT2D eigenvalue weighted by Crippen LogP contribution is -2.27. The molecule has 0 bridgehead atoms. The van der Waals surface area contributed by atoms with Gasteiger partial charge in [0.25, 0.3) is 5.91 Å². The van der Waals surface area contributed by atoms with Crippen LogP contribution in [0.25, 0.3) is 22.6 Å². The number of rotatable bonds is 12. The second kappa shape index (κ2) is 13.7. The molecule has 4 rings (SSSR count). The number of benzene rings is 2. The minimum absolute atomic E-state index is 0.00817. The highest BCUT2D eigenvalue weighted by Crippen LogP contribution is 2.30. The summed E-state index contributed by atoms with van der Waals surface area (Å²) in [7, 11) is 2.13. The number of aromatic amines is 1. The zero-order valence-electron chi connectivity index (χ0n) is 22.6. The molecule has 8 nitrogen and oxygen atoms in total. The van der Waals surface area contributed by atoms with E-state index in [2.05, 4.69) is 28.1 Å². The number of halogens is 3. The number of hydrogen-bond donors (Lipinski definition) is 3. The lowest BCUT2D eigenvalue weighted by Gasteiger charge is -2.24. The highest BCUT2D eigenvalue weighted by atomic mass is 35.5. The van der Waals surface area contributed by atoms with Crippen molar-refractivity contribution in [3.8, 4) is 11.5 Å². The monoisotopic (exact) mass is 621 g/mol. The Morgan fingerprint density at radius 3 is 2.45 bits per heavy atom. The molecule has 2 heterocycles. The second-order valence-electron chi connectivity index (χ2n) is 9.47. The van der Waals surface area contributed by atoms with E-state index in [9.17, 15) is 9.59 Å². The molecule has 212 valence electrons. The molecular weight excluding hydrogens is 591 g/mol. The number of alkyl halides is 2. The Balaban J connectivity index is 1.49. The molecule has 2 aromatic heterocycles. The normalized spacial score (nSPS) is 11.3. The van der Waals surface area contributed by atoms with Crippen LogP contribution in [-0.4, -0.2) is 69.5 Å². The van der Waals surface area contributed by atoms with Gasteiger partial charge in [0.15, 0.2) is 5.82 Å². The minimum atomic E-state index is -0.275. The summed E-state index contributed by atoms with van der Waals surface area (Å²) in [6.45, 7) is 1.23. The maximum atomic E-state index is 13.1. The first-order valence-electron chi connectivity index (χ1n) is 12.7.